The van der Waals surface area contributed by atoms with Crippen molar-refractivity contribution in [2.24, 2.45) is 0 Å². The Kier molecular flexibility index (Phi) is 6.02. The Morgan fingerprint density at radius 2 is 1.68 bits per heavy atom. The van der Waals surface area contributed by atoms with Crippen LogP contribution in [0.2, 0.25) is 0 Å². The number of ether oxygens (including phenoxy) is 3. The van der Waals surface area contributed by atoms with Gasteiger partial charge in [-0.15, -0.1) is 0 Å². The first-order chi connectivity index (χ1) is 12.1. The number of amides is 1. The van der Waals surface area contributed by atoms with Crippen LogP contribution < -0.4 is 19.5 Å². The molecule has 6 nitrogen and oxygen atoms in total. The lowest BCUT2D eigenvalue weighted by molar-refractivity contribution is -0.112. The summed E-state index contributed by atoms with van der Waals surface area (Å²) in [5.41, 5.74) is 1.20. The maximum Gasteiger partial charge on any atom is 0.266 e. The third kappa shape index (κ3) is 4.52. The van der Waals surface area contributed by atoms with Gasteiger partial charge in [-0.05, 0) is 48.0 Å². The summed E-state index contributed by atoms with van der Waals surface area (Å²) in [7, 11) is 4.62. The zero-order valence-electron chi connectivity index (χ0n) is 14.2. The summed E-state index contributed by atoms with van der Waals surface area (Å²) in [6, 6.07) is 13.9. The number of anilines is 1. The molecule has 0 aliphatic heterocycles. The van der Waals surface area contributed by atoms with Crippen LogP contribution in [0, 0.1) is 11.3 Å². The lowest BCUT2D eigenvalue weighted by atomic mass is 10.1. The molecule has 0 aliphatic carbocycles. The Morgan fingerprint density at radius 3 is 2.24 bits per heavy atom. The second kappa shape index (κ2) is 8.41. The summed E-state index contributed by atoms with van der Waals surface area (Å²) in [6.45, 7) is 0. The van der Waals surface area contributed by atoms with Crippen LogP contribution in [0.1, 0.15) is 5.56 Å². The zero-order chi connectivity index (χ0) is 18.2. The fourth-order valence-electron chi connectivity index (χ4n) is 2.13. The van der Waals surface area contributed by atoms with Gasteiger partial charge in [0, 0.05) is 5.69 Å². The second-order valence-corrected chi connectivity index (χ2v) is 4.97. The minimum absolute atomic E-state index is 0.0250. The third-order valence-electron chi connectivity index (χ3n) is 3.43. The number of benzene rings is 2. The molecule has 128 valence electrons. The van der Waals surface area contributed by atoms with E-state index in [1.165, 1.54) is 20.3 Å². The number of rotatable bonds is 6. The Morgan fingerprint density at radius 1 is 1.00 bits per heavy atom. The Balaban J connectivity index is 2.21. The average Bonchev–Trinajstić information content (AvgIpc) is 2.66. The van der Waals surface area contributed by atoms with Crippen LogP contribution in [0.5, 0.6) is 17.2 Å². The predicted molar refractivity (Wildman–Crippen MR) is 94.8 cm³/mol. The van der Waals surface area contributed by atoms with Crippen molar-refractivity contribution in [3.8, 4) is 23.3 Å². The Labute approximate surface area is 146 Å². The van der Waals surface area contributed by atoms with Crippen molar-refractivity contribution in [1.82, 2.24) is 0 Å². The summed E-state index contributed by atoms with van der Waals surface area (Å²) in [5, 5.41) is 12.0. The van der Waals surface area contributed by atoms with E-state index in [4.69, 9.17) is 14.2 Å². The molecule has 6 heteroatoms. The fraction of sp³-hybridized carbons (Fsp3) is 0.158. The van der Waals surface area contributed by atoms with Gasteiger partial charge in [-0.1, -0.05) is 6.07 Å². The van der Waals surface area contributed by atoms with Crippen molar-refractivity contribution in [2.45, 2.75) is 0 Å². The number of hydrogen-bond acceptors (Lipinski definition) is 5. The van der Waals surface area contributed by atoms with E-state index >= 15 is 0 Å². The molecule has 2 aromatic rings. The van der Waals surface area contributed by atoms with Gasteiger partial charge in [0.2, 0.25) is 0 Å². The lowest BCUT2D eigenvalue weighted by Crippen LogP contribution is -2.13. The van der Waals surface area contributed by atoms with Gasteiger partial charge in [0.15, 0.2) is 11.5 Å². The summed E-state index contributed by atoms with van der Waals surface area (Å²) in [6.07, 6.45) is 1.49. The van der Waals surface area contributed by atoms with Crippen molar-refractivity contribution in [3.63, 3.8) is 0 Å². The van der Waals surface area contributed by atoms with E-state index in [1.54, 1.807) is 49.6 Å². The molecule has 0 heterocycles. The lowest BCUT2D eigenvalue weighted by Gasteiger charge is -2.08. The maximum absolute atomic E-state index is 12.3. The third-order valence-corrected chi connectivity index (χ3v) is 3.43. The summed E-state index contributed by atoms with van der Waals surface area (Å²) >= 11 is 0. The number of nitrogens with one attached hydrogen (secondary N) is 1. The molecule has 0 aromatic heterocycles. The van der Waals surface area contributed by atoms with E-state index in [2.05, 4.69) is 5.32 Å². The number of nitrogens with zero attached hydrogens (tertiary/aromatic N) is 1. The molecule has 2 rings (SSSR count). The van der Waals surface area contributed by atoms with Gasteiger partial charge in [-0.3, -0.25) is 4.79 Å². The van der Waals surface area contributed by atoms with Gasteiger partial charge < -0.3 is 19.5 Å². The van der Waals surface area contributed by atoms with Crippen LogP contribution in [0.15, 0.2) is 48.0 Å². The highest BCUT2D eigenvalue weighted by Gasteiger charge is 2.11. The van der Waals surface area contributed by atoms with Crippen LogP contribution in [0.3, 0.4) is 0 Å². The van der Waals surface area contributed by atoms with Gasteiger partial charge in [-0.2, -0.15) is 5.26 Å². The van der Waals surface area contributed by atoms with Gasteiger partial charge in [0.1, 0.15) is 17.4 Å². The van der Waals surface area contributed by atoms with Crippen molar-refractivity contribution >= 4 is 17.7 Å². The van der Waals surface area contributed by atoms with Gasteiger partial charge in [0.05, 0.1) is 21.3 Å². The van der Waals surface area contributed by atoms with Gasteiger partial charge >= 0.3 is 0 Å². The predicted octanol–water partition coefficient (Wildman–Crippen LogP) is 3.26. The normalized spacial score (nSPS) is 10.6. The molecule has 0 saturated heterocycles. The quantitative estimate of drug-likeness (QED) is 0.646. The van der Waals surface area contributed by atoms with Crippen molar-refractivity contribution in [1.29, 1.82) is 5.26 Å². The topological polar surface area (TPSA) is 80.6 Å². The first kappa shape index (κ1) is 17.9. The highest BCUT2D eigenvalue weighted by atomic mass is 16.5. The first-order valence-corrected chi connectivity index (χ1v) is 7.40. The maximum atomic E-state index is 12.3. The summed E-state index contributed by atoms with van der Waals surface area (Å²) in [4.78, 5) is 12.3. The minimum atomic E-state index is -0.498. The number of nitriles is 1. The van der Waals surface area contributed by atoms with Crippen LogP contribution in [-0.4, -0.2) is 27.2 Å². The standard InChI is InChI=1S/C19H18N2O4/c1-23-16-7-5-15(6-8-16)21-19(22)14(12-20)10-13-4-9-17(24-2)18(11-13)25-3/h4-11H,1-3H3,(H,21,22)/b14-10-. The second-order valence-electron chi connectivity index (χ2n) is 4.97. The highest BCUT2D eigenvalue weighted by molar-refractivity contribution is 6.09. The molecule has 0 fully saturated rings. The monoisotopic (exact) mass is 338 g/mol. The van der Waals surface area contributed by atoms with E-state index in [1.807, 2.05) is 6.07 Å². The molecule has 0 unspecified atom stereocenters. The number of carbonyl (C=O) groups excluding carboxylic acids is 1. The Bertz CT molecular complexity index is 820. The molecule has 0 atom stereocenters. The minimum Gasteiger partial charge on any atom is -0.497 e. The SMILES string of the molecule is COc1ccc(NC(=O)/C(C#N)=C\c2ccc(OC)c(OC)c2)cc1. The summed E-state index contributed by atoms with van der Waals surface area (Å²) in [5.74, 6) is 1.27. The van der Waals surface area contributed by atoms with Crippen LogP contribution in [0.25, 0.3) is 6.08 Å². The first-order valence-electron chi connectivity index (χ1n) is 7.40. The molecule has 25 heavy (non-hydrogen) atoms. The average molecular weight is 338 g/mol. The van der Waals surface area contributed by atoms with Crippen molar-refractivity contribution in [2.75, 3.05) is 26.6 Å². The number of methoxy groups -OCH3 is 3. The smallest absolute Gasteiger partial charge is 0.266 e. The molecule has 0 spiro atoms. The molecule has 0 radical (unpaired) electrons. The number of carbonyl (C=O) groups is 1. The molecule has 1 amide bonds. The Hall–Kier alpha value is -3.46. The van der Waals surface area contributed by atoms with E-state index in [0.717, 1.165) is 0 Å². The van der Waals surface area contributed by atoms with E-state index in [-0.39, 0.29) is 5.57 Å². The molecule has 2 aromatic carbocycles. The van der Waals surface area contributed by atoms with Gasteiger partial charge in [-0.25, -0.2) is 0 Å². The molecule has 0 aliphatic rings. The summed E-state index contributed by atoms with van der Waals surface area (Å²) < 4.78 is 15.5. The fourth-order valence-corrected chi connectivity index (χ4v) is 2.13. The zero-order valence-corrected chi connectivity index (χ0v) is 14.2. The molecular weight excluding hydrogens is 320 g/mol. The van der Waals surface area contributed by atoms with E-state index in [9.17, 15) is 10.1 Å². The van der Waals surface area contributed by atoms with E-state index in [0.29, 0.717) is 28.5 Å². The molecule has 1 N–H and O–H groups in total. The molecule has 0 saturated carbocycles. The van der Waals surface area contributed by atoms with Crippen LogP contribution in [-0.2, 0) is 4.79 Å². The highest BCUT2D eigenvalue weighted by Crippen LogP contribution is 2.28. The van der Waals surface area contributed by atoms with E-state index < -0.39 is 5.91 Å². The van der Waals surface area contributed by atoms with Crippen molar-refractivity contribution < 1.29 is 19.0 Å². The number of hydrogen-bond donors (Lipinski definition) is 1. The molecular formula is C19H18N2O4. The van der Waals surface area contributed by atoms with Crippen LogP contribution >= 0.6 is 0 Å². The molecule has 0 bridgehead atoms. The van der Waals surface area contributed by atoms with Gasteiger partial charge in [0.25, 0.3) is 5.91 Å². The van der Waals surface area contributed by atoms with Crippen LogP contribution in [0.4, 0.5) is 5.69 Å². The van der Waals surface area contributed by atoms with Crippen molar-refractivity contribution in [3.05, 3.63) is 53.6 Å². The largest absolute Gasteiger partial charge is 0.497 e.